The number of likely N-dealkylation sites (N-methyl/N-ethyl adjacent to an activating group) is 1. The molecular formula is C26H30N2O7. The minimum Gasteiger partial charge on any atom is -0.507 e. The number of amides is 1. The molecule has 2 aliphatic heterocycles. The number of hydrogen-bond donors (Lipinski definition) is 1. The number of aliphatic hydroxyl groups excluding tert-OH is 1. The van der Waals surface area contributed by atoms with Gasteiger partial charge in [-0.1, -0.05) is 19.9 Å². The highest BCUT2D eigenvalue weighted by molar-refractivity contribution is 6.46. The summed E-state index contributed by atoms with van der Waals surface area (Å²) in [5.74, 6) is 0.338. The lowest BCUT2D eigenvalue weighted by Gasteiger charge is -2.28. The molecule has 2 aliphatic rings. The van der Waals surface area contributed by atoms with E-state index in [0.29, 0.717) is 47.2 Å². The number of hydrogen-bond acceptors (Lipinski definition) is 8. The summed E-state index contributed by atoms with van der Waals surface area (Å²) in [7, 11) is 3.05. The molecule has 35 heavy (non-hydrogen) atoms. The van der Waals surface area contributed by atoms with Gasteiger partial charge in [0.05, 0.1) is 25.8 Å². The molecule has 2 aromatic carbocycles. The average molecular weight is 483 g/mol. The third-order valence-corrected chi connectivity index (χ3v) is 6.46. The highest BCUT2D eigenvalue weighted by Gasteiger charge is 2.46. The van der Waals surface area contributed by atoms with Crippen molar-refractivity contribution in [2.24, 2.45) is 0 Å². The Kier molecular flexibility index (Phi) is 7.16. The fourth-order valence-corrected chi connectivity index (χ4v) is 4.47. The molecule has 1 fully saturated rings. The Morgan fingerprint density at radius 1 is 1.03 bits per heavy atom. The van der Waals surface area contributed by atoms with E-state index in [1.165, 1.54) is 19.1 Å². The highest BCUT2D eigenvalue weighted by Crippen LogP contribution is 2.43. The third kappa shape index (κ3) is 4.51. The van der Waals surface area contributed by atoms with Crippen LogP contribution in [0, 0.1) is 0 Å². The maximum absolute atomic E-state index is 13.3. The van der Waals surface area contributed by atoms with E-state index in [1.54, 1.807) is 36.4 Å². The topological polar surface area (TPSA) is 97.8 Å². The number of likely N-dealkylation sites (tertiary alicyclic amines) is 1. The molecule has 1 saturated heterocycles. The van der Waals surface area contributed by atoms with Gasteiger partial charge in [-0.05, 0) is 49.0 Å². The van der Waals surface area contributed by atoms with Crippen LogP contribution in [-0.4, -0.2) is 73.8 Å². The molecule has 0 aromatic heterocycles. The van der Waals surface area contributed by atoms with Crippen LogP contribution in [0.5, 0.6) is 23.0 Å². The molecule has 1 N–H and O–H groups in total. The number of fused-ring (bicyclic) bond motifs is 1. The Bertz CT molecular complexity index is 1160. The Morgan fingerprint density at radius 2 is 1.74 bits per heavy atom. The van der Waals surface area contributed by atoms with Crippen LogP contribution < -0.4 is 18.9 Å². The number of benzene rings is 2. The van der Waals surface area contributed by atoms with Gasteiger partial charge in [-0.15, -0.1) is 0 Å². The molecular weight excluding hydrogens is 452 g/mol. The fourth-order valence-electron chi connectivity index (χ4n) is 4.47. The molecule has 2 aromatic rings. The molecule has 1 unspecified atom stereocenters. The van der Waals surface area contributed by atoms with E-state index in [-0.39, 0.29) is 18.1 Å². The first kappa shape index (κ1) is 24.4. The van der Waals surface area contributed by atoms with E-state index in [1.807, 2.05) is 13.8 Å². The molecule has 0 radical (unpaired) electrons. The molecule has 2 heterocycles. The Morgan fingerprint density at radius 3 is 2.43 bits per heavy atom. The first-order chi connectivity index (χ1) is 16.9. The number of aliphatic hydroxyl groups is 1. The van der Waals surface area contributed by atoms with Crippen LogP contribution in [0.2, 0.25) is 0 Å². The second-order valence-corrected chi connectivity index (χ2v) is 8.20. The third-order valence-electron chi connectivity index (χ3n) is 6.46. The first-order valence-electron chi connectivity index (χ1n) is 11.6. The summed E-state index contributed by atoms with van der Waals surface area (Å²) in [5.41, 5.74) is 1.01. The average Bonchev–Trinajstić information content (AvgIpc) is 3.46. The van der Waals surface area contributed by atoms with Crippen LogP contribution in [0.15, 0.2) is 42.0 Å². The molecule has 1 atom stereocenters. The van der Waals surface area contributed by atoms with Gasteiger partial charge in [-0.2, -0.15) is 0 Å². The lowest BCUT2D eigenvalue weighted by atomic mass is 9.95. The zero-order valence-corrected chi connectivity index (χ0v) is 20.4. The Labute approximate surface area is 204 Å². The van der Waals surface area contributed by atoms with Crippen molar-refractivity contribution in [1.82, 2.24) is 9.80 Å². The summed E-state index contributed by atoms with van der Waals surface area (Å²) in [6, 6.07) is 9.33. The summed E-state index contributed by atoms with van der Waals surface area (Å²) >= 11 is 0. The Hall–Kier alpha value is -3.72. The minimum atomic E-state index is -0.796. The predicted octanol–water partition coefficient (Wildman–Crippen LogP) is 3.20. The number of carbonyl (C=O) groups is 2. The normalized spacial score (nSPS) is 18.4. The number of rotatable bonds is 9. The fraction of sp³-hybridized carbons (Fsp3) is 0.385. The molecule has 186 valence electrons. The number of carbonyl (C=O) groups excluding carboxylic acids is 2. The van der Waals surface area contributed by atoms with Crippen molar-refractivity contribution in [2.45, 2.75) is 19.9 Å². The monoisotopic (exact) mass is 482 g/mol. The molecule has 0 aliphatic carbocycles. The predicted molar refractivity (Wildman–Crippen MR) is 129 cm³/mol. The highest BCUT2D eigenvalue weighted by atomic mass is 16.7. The van der Waals surface area contributed by atoms with E-state index in [4.69, 9.17) is 18.9 Å². The lowest BCUT2D eigenvalue weighted by molar-refractivity contribution is -0.140. The maximum atomic E-state index is 13.3. The van der Waals surface area contributed by atoms with Crippen LogP contribution in [-0.2, 0) is 9.59 Å². The van der Waals surface area contributed by atoms with Crippen molar-refractivity contribution >= 4 is 17.4 Å². The van der Waals surface area contributed by atoms with Gasteiger partial charge < -0.3 is 33.9 Å². The number of Topliss-reactive ketones (excluding diaryl/α,β-unsaturated/α-hetero) is 1. The quantitative estimate of drug-likeness (QED) is 0.331. The number of ether oxygens (including phenoxy) is 4. The molecule has 1 amide bonds. The summed E-state index contributed by atoms with van der Waals surface area (Å²) in [6.45, 7) is 6.72. The van der Waals surface area contributed by atoms with Crippen molar-refractivity contribution in [3.05, 3.63) is 53.1 Å². The van der Waals surface area contributed by atoms with Crippen molar-refractivity contribution in [2.75, 3.05) is 47.2 Å². The van der Waals surface area contributed by atoms with E-state index < -0.39 is 17.7 Å². The van der Waals surface area contributed by atoms with Gasteiger partial charge in [-0.25, -0.2) is 0 Å². The van der Waals surface area contributed by atoms with Gasteiger partial charge in [0.2, 0.25) is 6.79 Å². The van der Waals surface area contributed by atoms with E-state index in [2.05, 4.69) is 4.90 Å². The van der Waals surface area contributed by atoms with Crippen molar-refractivity contribution in [1.29, 1.82) is 0 Å². The van der Waals surface area contributed by atoms with Crippen LogP contribution >= 0.6 is 0 Å². The summed E-state index contributed by atoms with van der Waals surface area (Å²) in [4.78, 5) is 30.2. The Balaban J connectivity index is 1.82. The van der Waals surface area contributed by atoms with Crippen molar-refractivity contribution < 1.29 is 33.6 Å². The lowest BCUT2D eigenvalue weighted by Crippen LogP contribution is -2.38. The van der Waals surface area contributed by atoms with Crippen LogP contribution in [0.1, 0.15) is 31.0 Å². The van der Waals surface area contributed by atoms with Gasteiger partial charge in [0.15, 0.2) is 23.0 Å². The standard InChI is InChI=1S/C26H30N2O7/c1-5-27(6-2)11-12-28-23(16-7-9-18(32-3)20(13-16)33-4)22(25(30)26(28)31)24(29)17-8-10-19-21(14-17)35-15-34-19/h7-10,13-14,23,29H,5-6,11-12,15H2,1-4H3. The number of nitrogens with zero attached hydrogens (tertiary/aromatic N) is 2. The molecule has 9 nitrogen and oxygen atoms in total. The van der Waals surface area contributed by atoms with E-state index >= 15 is 0 Å². The van der Waals surface area contributed by atoms with Gasteiger partial charge >= 0.3 is 0 Å². The minimum absolute atomic E-state index is 0.0145. The number of methoxy groups -OCH3 is 2. The summed E-state index contributed by atoms with van der Waals surface area (Å²) < 4.78 is 21.6. The van der Waals surface area contributed by atoms with Crippen molar-refractivity contribution in [3.8, 4) is 23.0 Å². The molecule has 0 bridgehead atoms. The van der Waals surface area contributed by atoms with Crippen LogP contribution in [0.3, 0.4) is 0 Å². The second kappa shape index (κ2) is 10.3. The summed E-state index contributed by atoms with van der Waals surface area (Å²) in [5, 5.41) is 11.3. The van der Waals surface area contributed by atoms with Gasteiger partial charge in [-0.3, -0.25) is 9.59 Å². The van der Waals surface area contributed by atoms with Gasteiger partial charge in [0, 0.05) is 18.7 Å². The smallest absolute Gasteiger partial charge is 0.295 e. The maximum Gasteiger partial charge on any atom is 0.295 e. The largest absolute Gasteiger partial charge is 0.507 e. The van der Waals surface area contributed by atoms with Crippen LogP contribution in [0.25, 0.3) is 5.76 Å². The SMILES string of the molecule is CCN(CC)CCN1C(=O)C(=O)C(=C(O)c2ccc3c(c2)OCO3)C1c1ccc(OC)c(OC)c1. The van der Waals surface area contributed by atoms with E-state index in [9.17, 15) is 14.7 Å². The zero-order chi connectivity index (χ0) is 25.1. The second-order valence-electron chi connectivity index (χ2n) is 8.20. The van der Waals surface area contributed by atoms with Gasteiger partial charge in [0.1, 0.15) is 5.76 Å². The van der Waals surface area contributed by atoms with E-state index in [0.717, 1.165) is 13.1 Å². The van der Waals surface area contributed by atoms with Gasteiger partial charge in [0.25, 0.3) is 11.7 Å². The first-order valence-corrected chi connectivity index (χ1v) is 11.6. The molecule has 0 saturated carbocycles. The molecule has 9 heteroatoms. The van der Waals surface area contributed by atoms with Crippen molar-refractivity contribution in [3.63, 3.8) is 0 Å². The number of ketones is 1. The molecule has 4 rings (SSSR count). The summed E-state index contributed by atoms with van der Waals surface area (Å²) in [6.07, 6.45) is 0. The molecule has 0 spiro atoms. The van der Waals surface area contributed by atoms with Crippen LogP contribution in [0.4, 0.5) is 0 Å². The zero-order valence-electron chi connectivity index (χ0n) is 20.4.